The summed E-state index contributed by atoms with van der Waals surface area (Å²) < 4.78 is 14.2. The third-order valence-corrected chi connectivity index (χ3v) is 6.76. The predicted octanol–water partition coefficient (Wildman–Crippen LogP) is 6.02. The number of nitrogens with zero attached hydrogens (tertiary/aromatic N) is 3. The van der Waals surface area contributed by atoms with E-state index in [0.717, 1.165) is 44.9 Å². The van der Waals surface area contributed by atoms with Crippen molar-refractivity contribution in [3.05, 3.63) is 95.5 Å². The molecule has 7 nitrogen and oxygen atoms in total. The number of aryl methyl sites for hydroxylation is 1. The summed E-state index contributed by atoms with van der Waals surface area (Å²) >= 11 is 0. The van der Waals surface area contributed by atoms with Gasteiger partial charge < -0.3 is 20.3 Å². The molecule has 0 unspecified atom stereocenters. The van der Waals surface area contributed by atoms with Gasteiger partial charge >= 0.3 is 0 Å². The molecule has 0 spiro atoms. The summed E-state index contributed by atoms with van der Waals surface area (Å²) in [6.07, 6.45) is 4.43. The molecule has 1 aliphatic heterocycles. The number of allylic oxidation sites excluding steroid dienone is 1. The SMILES string of the molecule is C=C/C(=N\C=C(C)C)C(=O)N1CCc2[nH]c(C(=C)c3ccc(-c4cc(F)c(O)cc4CC)cc3NC)nc2C1. The number of aromatic nitrogens is 2. The summed E-state index contributed by atoms with van der Waals surface area (Å²) in [5.74, 6) is -0.552. The van der Waals surface area contributed by atoms with E-state index in [2.05, 4.69) is 28.5 Å². The Labute approximate surface area is 228 Å². The molecule has 3 N–H and O–H groups in total. The zero-order valence-corrected chi connectivity index (χ0v) is 22.9. The Balaban J connectivity index is 1.60. The number of aromatic amines is 1. The molecule has 2 heterocycles. The molecule has 202 valence electrons. The second kappa shape index (κ2) is 11.5. The van der Waals surface area contributed by atoms with Crippen LogP contribution in [-0.2, 0) is 24.2 Å². The number of anilines is 1. The lowest BCUT2D eigenvalue weighted by atomic mass is 9.94. The summed E-state index contributed by atoms with van der Waals surface area (Å²) in [5.41, 5.74) is 7.84. The average Bonchev–Trinajstić information content (AvgIpc) is 3.37. The number of carbonyl (C=O) groups is 1. The van der Waals surface area contributed by atoms with Crippen LogP contribution in [-0.4, -0.2) is 45.2 Å². The standard InChI is InChI=1S/C31H34FN5O2/c1-7-20-14-29(38)24(32)15-23(20)21-9-10-22(27(13-21)33-6)19(5)30-35-26-11-12-37(17-28(26)36-30)31(39)25(8-2)34-16-18(3)4/h8-10,13-16,33,38H,2,5,7,11-12,17H2,1,3-4,6H3,(H,35,36)/b34-25+. The number of phenols is 1. The Hall–Kier alpha value is -4.46. The molecule has 0 saturated carbocycles. The number of aromatic hydroxyl groups is 1. The molecule has 2 aromatic carbocycles. The Morgan fingerprint density at radius 2 is 2.08 bits per heavy atom. The highest BCUT2D eigenvalue weighted by atomic mass is 19.1. The van der Waals surface area contributed by atoms with E-state index in [0.29, 0.717) is 43.0 Å². The third kappa shape index (κ3) is 5.70. The molecule has 0 bridgehead atoms. The van der Waals surface area contributed by atoms with Crippen LogP contribution in [0.25, 0.3) is 16.7 Å². The van der Waals surface area contributed by atoms with Gasteiger partial charge in [-0.3, -0.25) is 9.79 Å². The Kier molecular flexibility index (Phi) is 8.14. The maximum atomic E-state index is 14.2. The quantitative estimate of drug-likeness (QED) is 0.312. The Morgan fingerprint density at radius 3 is 2.74 bits per heavy atom. The van der Waals surface area contributed by atoms with Gasteiger partial charge in [-0.25, -0.2) is 9.37 Å². The summed E-state index contributed by atoms with van der Waals surface area (Å²) in [5, 5.41) is 13.0. The first-order valence-electron chi connectivity index (χ1n) is 12.9. The lowest BCUT2D eigenvalue weighted by molar-refractivity contribution is -0.124. The Bertz CT molecular complexity index is 1510. The maximum absolute atomic E-state index is 14.2. The minimum Gasteiger partial charge on any atom is -0.505 e. The molecule has 3 aromatic rings. The van der Waals surface area contributed by atoms with E-state index in [4.69, 9.17) is 4.98 Å². The molecule has 39 heavy (non-hydrogen) atoms. The zero-order chi connectivity index (χ0) is 28.3. The molecule has 0 atom stereocenters. The number of halogens is 1. The molecule has 1 aromatic heterocycles. The van der Waals surface area contributed by atoms with Gasteiger partial charge in [-0.05, 0) is 61.2 Å². The van der Waals surface area contributed by atoms with Crippen LogP contribution in [0.1, 0.15) is 49.1 Å². The lowest BCUT2D eigenvalue weighted by Gasteiger charge is -2.25. The molecular weight excluding hydrogens is 493 g/mol. The van der Waals surface area contributed by atoms with Crippen molar-refractivity contribution >= 4 is 22.9 Å². The van der Waals surface area contributed by atoms with Crippen LogP contribution >= 0.6 is 0 Å². The first-order chi connectivity index (χ1) is 18.7. The van der Waals surface area contributed by atoms with Crippen LogP contribution in [0.15, 0.2) is 66.3 Å². The molecule has 0 fully saturated rings. The molecule has 8 heteroatoms. The normalized spacial score (nSPS) is 13.1. The highest BCUT2D eigenvalue weighted by Crippen LogP contribution is 2.35. The zero-order valence-electron chi connectivity index (χ0n) is 22.9. The van der Waals surface area contributed by atoms with Gasteiger partial charge in [0.1, 0.15) is 11.5 Å². The van der Waals surface area contributed by atoms with Crippen molar-refractivity contribution < 1.29 is 14.3 Å². The number of hydrogen-bond donors (Lipinski definition) is 3. The monoisotopic (exact) mass is 527 g/mol. The van der Waals surface area contributed by atoms with Crippen LogP contribution in [0.4, 0.5) is 10.1 Å². The number of aliphatic imine (C=N–C) groups is 1. The second-order valence-corrected chi connectivity index (χ2v) is 9.72. The van der Waals surface area contributed by atoms with Gasteiger partial charge in [0.15, 0.2) is 11.6 Å². The topological polar surface area (TPSA) is 93.6 Å². The van der Waals surface area contributed by atoms with Gasteiger partial charge in [0, 0.05) is 48.7 Å². The number of H-pyrrole nitrogens is 1. The van der Waals surface area contributed by atoms with Crippen molar-refractivity contribution in [1.82, 2.24) is 14.9 Å². The lowest BCUT2D eigenvalue weighted by Crippen LogP contribution is -2.39. The summed E-state index contributed by atoms with van der Waals surface area (Å²) in [4.78, 5) is 27.2. The van der Waals surface area contributed by atoms with Gasteiger partial charge in [0.2, 0.25) is 0 Å². The molecule has 0 radical (unpaired) electrons. The number of imidazole rings is 1. The predicted molar refractivity (Wildman–Crippen MR) is 155 cm³/mol. The maximum Gasteiger partial charge on any atom is 0.272 e. The van der Waals surface area contributed by atoms with Gasteiger partial charge in [-0.15, -0.1) is 0 Å². The van der Waals surface area contributed by atoms with E-state index in [1.54, 1.807) is 11.1 Å². The number of hydrogen-bond acceptors (Lipinski definition) is 5. The van der Waals surface area contributed by atoms with Gasteiger partial charge in [-0.1, -0.05) is 37.8 Å². The van der Waals surface area contributed by atoms with Crippen molar-refractivity contribution in [2.75, 3.05) is 18.9 Å². The number of amides is 1. The molecular formula is C31H34FN5O2. The van der Waals surface area contributed by atoms with Crippen molar-refractivity contribution in [2.24, 2.45) is 4.99 Å². The van der Waals surface area contributed by atoms with Gasteiger partial charge in [0.25, 0.3) is 5.91 Å². The minimum absolute atomic E-state index is 0.179. The second-order valence-electron chi connectivity index (χ2n) is 9.72. The van der Waals surface area contributed by atoms with E-state index < -0.39 is 5.82 Å². The largest absolute Gasteiger partial charge is 0.505 e. The highest BCUT2D eigenvalue weighted by Gasteiger charge is 2.26. The van der Waals surface area contributed by atoms with E-state index in [1.165, 1.54) is 18.2 Å². The number of rotatable bonds is 8. The van der Waals surface area contributed by atoms with Crippen LogP contribution < -0.4 is 5.32 Å². The minimum atomic E-state index is -0.654. The van der Waals surface area contributed by atoms with E-state index in [-0.39, 0.29) is 11.7 Å². The van der Waals surface area contributed by atoms with Crippen molar-refractivity contribution in [1.29, 1.82) is 0 Å². The highest BCUT2D eigenvalue weighted by molar-refractivity contribution is 6.43. The summed E-state index contributed by atoms with van der Waals surface area (Å²) in [6.45, 7) is 14.8. The van der Waals surface area contributed by atoms with E-state index >= 15 is 0 Å². The molecule has 1 aliphatic rings. The van der Waals surface area contributed by atoms with Crippen LogP contribution in [0.5, 0.6) is 5.75 Å². The van der Waals surface area contributed by atoms with Crippen molar-refractivity contribution in [3.8, 4) is 16.9 Å². The fourth-order valence-corrected chi connectivity index (χ4v) is 4.64. The molecule has 4 rings (SSSR count). The smallest absolute Gasteiger partial charge is 0.272 e. The summed E-state index contributed by atoms with van der Waals surface area (Å²) in [7, 11) is 1.82. The third-order valence-electron chi connectivity index (χ3n) is 6.76. The van der Waals surface area contributed by atoms with E-state index in [1.807, 2.05) is 46.0 Å². The van der Waals surface area contributed by atoms with Gasteiger partial charge in [-0.2, -0.15) is 0 Å². The first kappa shape index (κ1) is 27.6. The fourth-order valence-electron chi connectivity index (χ4n) is 4.64. The number of phenolic OH excluding ortho intramolecular Hbond substituents is 1. The van der Waals surface area contributed by atoms with Crippen LogP contribution in [0, 0.1) is 5.82 Å². The van der Waals surface area contributed by atoms with Gasteiger partial charge in [0.05, 0.1) is 12.2 Å². The molecule has 0 saturated heterocycles. The van der Waals surface area contributed by atoms with Crippen LogP contribution in [0.2, 0.25) is 0 Å². The summed E-state index contributed by atoms with van der Waals surface area (Å²) in [6, 6.07) is 8.63. The molecule has 0 aliphatic carbocycles. The van der Waals surface area contributed by atoms with E-state index in [9.17, 15) is 14.3 Å². The number of fused-ring (bicyclic) bond motifs is 1. The fraction of sp³-hybridized carbons (Fsp3) is 0.258. The number of nitrogens with one attached hydrogen (secondary N) is 2. The Morgan fingerprint density at radius 1 is 1.31 bits per heavy atom. The number of benzene rings is 2. The average molecular weight is 528 g/mol. The van der Waals surface area contributed by atoms with Crippen molar-refractivity contribution in [2.45, 2.75) is 40.2 Å². The first-order valence-corrected chi connectivity index (χ1v) is 12.9. The van der Waals surface area contributed by atoms with Crippen LogP contribution in [0.3, 0.4) is 0 Å². The van der Waals surface area contributed by atoms with Crippen molar-refractivity contribution in [3.63, 3.8) is 0 Å². The number of carbonyl (C=O) groups excluding carboxylic acids is 1. The molecule has 1 amide bonds.